The molecule has 114 valence electrons. The molecule has 0 saturated carbocycles. The number of aliphatic hydroxyl groups excluding tert-OH is 1. The summed E-state index contributed by atoms with van der Waals surface area (Å²) in [4.78, 5) is 1.33. The fraction of sp³-hybridized carbons (Fsp3) is 0.375. The zero-order valence-corrected chi connectivity index (χ0v) is 12.6. The number of ether oxygens (including phenoxy) is 1. The molecule has 0 saturated heterocycles. The number of rotatable bonds is 9. The van der Waals surface area contributed by atoms with Crippen LogP contribution in [0.2, 0.25) is 0 Å². The quantitative estimate of drug-likeness (QED) is 0.700. The van der Waals surface area contributed by atoms with E-state index in [1.807, 2.05) is 6.07 Å². The number of hydrogen-bond acceptors (Lipinski definition) is 4. The Hall–Kier alpha value is -1.27. The summed E-state index contributed by atoms with van der Waals surface area (Å²) in [5, 5.41) is 15.0. The number of hydrogen-bond donors (Lipinski definition) is 2. The van der Waals surface area contributed by atoms with Gasteiger partial charge in [0.2, 0.25) is 0 Å². The highest BCUT2D eigenvalue weighted by Gasteiger charge is 2.06. The van der Waals surface area contributed by atoms with Crippen molar-refractivity contribution in [2.75, 3.05) is 19.7 Å². The normalized spacial score (nSPS) is 12.5. The van der Waals surface area contributed by atoms with Crippen molar-refractivity contribution in [2.45, 2.75) is 19.1 Å². The monoisotopic (exact) mass is 309 g/mol. The lowest BCUT2D eigenvalue weighted by molar-refractivity contribution is 0.0280. The van der Waals surface area contributed by atoms with Crippen molar-refractivity contribution >= 4 is 11.3 Å². The van der Waals surface area contributed by atoms with Gasteiger partial charge < -0.3 is 15.2 Å². The Morgan fingerprint density at radius 2 is 2.10 bits per heavy atom. The van der Waals surface area contributed by atoms with Crippen LogP contribution in [0.25, 0.3) is 0 Å². The van der Waals surface area contributed by atoms with Gasteiger partial charge in [-0.05, 0) is 23.9 Å². The third kappa shape index (κ3) is 5.93. The van der Waals surface area contributed by atoms with Crippen LogP contribution in [0.3, 0.4) is 0 Å². The maximum absolute atomic E-state index is 13.3. The largest absolute Gasteiger partial charge is 0.389 e. The van der Waals surface area contributed by atoms with Crippen LogP contribution in [-0.2, 0) is 17.8 Å². The highest BCUT2D eigenvalue weighted by atomic mass is 32.1. The van der Waals surface area contributed by atoms with Crippen LogP contribution < -0.4 is 5.32 Å². The first kappa shape index (κ1) is 16.1. The SMILES string of the molecule is OC(CNCCc1cccs1)COCc1ccccc1F. The summed E-state index contributed by atoms with van der Waals surface area (Å²) in [5.41, 5.74) is 0.510. The number of aliphatic hydroxyl groups is 1. The number of nitrogens with one attached hydrogen (secondary N) is 1. The summed E-state index contributed by atoms with van der Waals surface area (Å²) in [6, 6.07) is 10.6. The third-order valence-corrected chi connectivity index (χ3v) is 3.97. The highest BCUT2D eigenvalue weighted by Crippen LogP contribution is 2.08. The average molecular weight is 309 g/mol. The Morgan fingerprint density at radius 3 is 2.86 bits per heavy atom. The van der Waals surface area contributed by atoms with Crippen molar-refractivity contribution in [3.05, 3.63) is 58.0 Å². The molecule has 0 spiro atoms. The fourth-order valence-electron chi connectivity index (χ4n) is 1.91. The predicted octanol–water partition coefficient (Wildman–Crippen LogP) is 2.60. The van der Waals surface area contributed by atoms with Gasteiger partial charge in [0.25, 0.3) is 0 Å². The standard InChI is InChI=1S/C16H20FNO2S/c17-16-6-2-1-4-13(16)11-20-12-14(19)10-18-8-7-15-5-3-9-21-15/h1-6,9,14,18-19H,7-8,10-12H2. The van der Waals surface area contributed by atoms with Crippen molar-refractivity contribution in [3.8, 4) is 0 Å². The van der Waals surface area contributed by atoms with Crippen molar-refractivity contribution in [1.29, 1.82) is 0 Å². The van der Waals surface area contributed by atoms with Gasteiger partial charge in [-0.15, -0.1) is 11.3 Å². The zero-order valence-electron chi connectivity index (χ0n) is 11.8. The average Bonchev–Trinajstić information content (AvgIpc) is 2.99. The van der Waals surface area contributed by atoms with Crippen molar-refractivity contribution in [1.82, 2.24) is 5.32 Å². The van der Waals surface area contributed by atoms with E-state index in [-0.39, 0.29) is 19.0 Å². The minimum absolute atomic E-state index is 0.179. The van der Waals surface area contributed by atoms with Gasteiger partial charge in [-0.25, -0.2) is 4.39 Å². The van der Waals surface area contributed by atoms with Crippen LogP contribution in [0.15, 0.2) is 41.8 Å². The molecule has 0 amide bonds. The topological polar surface area (TPSA) is 41.5 Å². The molecule has 21 heavy (non-hydrogen) atoms. The first-order valence-corrected chi connectivity index (χ1v) is 7.86. The van der Waals surface area contributed by atoms with E-state index in [0.717, 1.165) is 13.0 Å². The molecule has 3 nitrogen and oxygen atoms in total. The molecule has 2 N–H and O–H groups in total. The van der Waals surface area contributed by atoms with Crippen LogP contribution in [-0.4, -0.2) is 30.9 Å². The van der Waals surface area contributed by atoms with Gasteiger partial charge in [0, 0.05) is 23.5 Å². The van der Waals surface area contributed by atoms with E-state index in [9.17, 15) is 9.50 Å². The van der Waals surface area contributed by atoms with Gasteiger partial charge in [0.05, 0.1) is 19.3 Å². The summed E-state index contributed by atoms with van der Waals surface area (Å²) < 4.78 is 18.7. The molecule has 1 aromatic heterocycles. The molecule has 1 unspecified atom stereocenters. The molecule has 2 aromatic rings. The van der Waals surface area contributed by atoms with E-state index < -0.39 is 6.10 Å². The van der Waals surface area contributed by atoms with Crippen molar-refractivity contribution in [3.63, 3.8) is 0 Å². The van der Waals surface area contributed by atoms with Crippen molar-refractivity contribution < 1.29 is 14.2 Å². The summed E-state index contributed by atoms with van der Waals surface area (Å²) in [6.45, 7) is 1.67. The first-order chi connectivity index (χ1) is 10.3. The van der Waals surface area contributed by atoms with E-state index in [1.54, 1.807) is 29.5 Å². The number of halogens is 1. The van der Waals surface area contributed by atoms with E-state index in [2.05, 4.69) is 16.8 Å². The lowest BCUT2D eigenvalue weighted by Crippen LogP contribution is -2.31. The summed E-state index contributed by atoms with van der Waals surface area (Å²) in [7, 11) is 0. The second-order valence-corrected chi connectivity index (χ2v) is 5.83. The van der Waals surface area contributed by atoms with Crippen LogP contribution in [0, 0.1) is 5.82 Å². The summed E-state index contributed by atoms with van der Waals surface area (Å²) >= 11 is 1.73. The lowest BCUT2D eigenvalue weighted by atomic mass is 10.2. The van der Waals surface area contributed by atoms with E-state index in [1.165, 1.54) is 10.9 Å². The number of benzene rings is 1. The van der Waals surface area contributed by atoms with Crippen LogP contribution >= 0.6 is 11.3 Å². The van der Waals surface area contributed by atoms with Crippen LogP contribution in [0.1, 0.15) is 10.4 Å². The molecular formula is C16H20FNO2S. The Labute approximate surface area is 128 Å². The van der Waals surface area contributed by atoms with E-state index in [4.69, 9.17) is 4.74 Å². The highest BCUT2D eigenvalue weighted by molar-refractivity contribution is 7.09. The molecule has 0 radical (unpaired) electrons. The van der Waals surface area contributed by atoms with Crippen LogP contribution in [0.4, 0.5) is 4.39 Å². The van der Waals surface area contributed by atoms with E-state index in [0.29, 0.717) is 12.1 Å². The Balaban J connectivity index is 1.55. The molecule has 0 aliphatic carbocycles. The van der Waals surface area contributed by atoms with Crippen molar-refractivity contribution in [2.24, 2.45) is 0 Å². The van der Waals surface area contributed by atoms with Crippen LogP contribution in [0.5, 0.6) is 0 Å². The van der Waals surface area contributed by atoms with E-state index >= 15 is 0 Å². The lowest BCUT2D eigenvalue weighted by Gasteiger charge is -2.12. The molecule has 1 aromatic carbocycles. The Bertz CT molecular complexity index is 519. The molecule has 0 bridgehead atoms. The maximum Gasteiger partial charge on any atom is 0.128 e. The minimum Gasteiger partial charge on any atom is -0.389 e. The first-order valence-electron chi connectivity index (χ1n) is 6.98. The Morgan fingerprint density at radius 1 is 1.24 bits per heavy atom. The van der Waals surface area contributed by atoms with Gasteiger partial charge >= 0.3 is 0 Å². The summed E-state index contributed by atoms with van der Waals surface area (Å²) in [6.07, 6.45) is 0.376. The molecular weight excluding hydrogens is 289 g/mol. The fourth-order valence-corrected chi connectivity index (χ4v) is 2.62. The van der Waals surface area contributed by atoms with Gasteiger partial charge in [0.1, 0.15) is 5.82 Å². The van der Waals surface area contributed by atoms with Gasteiger partial charge in [-0.2, -0.15) is 0 Å². The van der Waals surface area contributed by atoms with Gasteiger partial charge in [-0.1, -0.05) is 24.3 Å². The van der Waals surface area contributed by atoms with Gasteiger partial charge in [0.15, 0.2) is 0 Å². The molecule has 0 aliphatic heterocycles. The van der Waals surface area contributed by atoms with Gasteiger partial charge in [-0.3, -0.25) is 0 Å². The molecule has 0 aliphatic rings. The second kappa shape index (κ2) is 8.89. The maximum atomic E-state index is 13.3. The Kier molecular flexibility index (Phi) is 6.82. The second-order valence-electron chi connectivity index (χ2n) is 4.79. The molecule has 1 atom stereocenters. The molecule has 5 heteroatoms. The summed E-state index contributed by atoms with van der Waals surface area (Å²) in [5.74, 6) is -0.277. The molecule has 2 rings (SSSR count). The minimum atomic E-state index is -0.583. The smallest absolute Gasteiger partial charge is 0.128 e. The zero-order chi connectivity index (χ0) is 14.9. The predicted molar refractivity (Wildman–Crippen MR) is 83.0 cm³/mol. The molecule has 0 fully saturated rings. The number of thiophene rings is 1. The molecule has 1 heterocycles. The third-order valence-electron chi connectivity index (χ3n) is 3.03.